The monoisotopic (exact) mass is 146 g/mol. The van der Waals surface area contributed by atoms with E-state index in [2.05, 4.69) is 9.97 Å². The van der Waals surface area contributed by atoms with Crippen LogP contribution in [0.25, 0.3) is 0 Å². The smallest absolute Gasteiger partial charge is 0.740 e. The van der Waals surface area contributed by atoms with Crippen molar-refractivity contribution in [1.82, 2.24) is 9.97 Å². The molecular formula is C6H7LiN2S. The molecule has 0 fully saturated rings. The SMILES string of the molecule is Cc1cc(C)nc([S-])n1.[Li+]. The first-order valence-corrected chi connectivity index (χ1v) is 3.08. The number of rotatable bonds is 0. The molecule has 1 heterocycles. The summed E-state index contributed by atoms with van der Waals surface area (Å²) in [5.41, 5.74) is 1.88. The molecule has 0 atom stereocenters. The third-order valence-electron chi connectivity index (χ3n) is 0.962. The third kappa shape index (κ3) is 2.65. The van der Waals surface area contributed by atoms with E-state index in [4.69, 9.17) is 12.6 Å². The van der Waals surface area contributed by atoms with Gasteiger partial charge in [-0.15, -0.1) is 0 Å². The van der Waals surface area contributed by atoms with Crippen LogP contribution in [0.2, 0.25) is 0 Å². The molecule has 0 N–H and O–H groups in total. The van der Waals surface area contributed by atoms with Crippen molar-refractivity contribution in [2.75, 3.05) is 0 Å². The molecule has 0 aromatic carbocycles. The fourth-order valence-corrected chi connectivity index (χ4v) is 0.982. The van der Waals surface area contributed by atoms with Crippen molar-refractivity contribution in [3.8, 4) is 0 Å². The molecule has 0 unspecified atom stereocenters. The molecular weight excluding hydrogens is 139 g/mol. The third-order valence-corrected chi connectivity index (χ3v) is 1.14. The summed E-state index contributed by atoms with van der Waals surface area (Å²) in [6.45, 7) is 3.81. The number of hydrogen-bond acceptors (Lipinski definition) is 3. The Morgan fingerprint density at radius 2 is 1.60 bits per heavy atom. The van der Waals surface area contributed by atoms with Gasteiger partial charge in [-0.1, -0.05) is 0 Å². The molecule has 1 rings (SSSR count). The molecule has 1 aromatic rings. The van der Waals surface area contributed by atoms with Crippen LogP contribution in [0.5, 0.6) is 0 Å². The topological polar surface area (TPSA) is 25.8 Å². The molecule has 0 aliphatic carbocycles. The van der Waals surface area contributed by atoms with Gasteiger partial charge in [0.1, 0.15) is 0 Å². The Kier molecular flexibility index (Phi) is 3.88. The predicted octanol–water partition coefficient (Wildman–Crippen LogP) is -2.00. The second kappa shape index (κ2) is 3.92. The van der Waals surface area contributed by atoms with Gasteiger partial charge in [0.05, 0.1) is 0 Å². The average molecular weight is 146 g/mol. The van der Waals surface area contributed by atoms with E-state index in [1.54, 1.807) is 0 Å². The van der Waals surface area contributed by atoms with E-state index in [9.17, 15) is 0 Å². The number of aromatic nitrogens is 2. The molecule has 0 aliphatic heterocycles. The van der Waals surface area contributed by atoms with Gasteiger partial charge in [-0.2, -0.15) is 0 Å². The van der Waals surface area contributed by atoms with Gasteiger partial charge < -0.3 is 12.6 Å². The molecule has 0 saturated heterocycles. The van der Waals surface area contributed by atoms with E-state index in [1.165, 1.54) is 0 Å². The van der Waals surface area contributed by atoms with Crippen LogP contribution in [0, 0.1) is 13.8 Å². The molecule has 0 saturated carbocycles. The standard InChI is InChI=1S/C6H8N2S.Li/c1-4-3-5(2)8-6(9)7-4;/h3H,1-2H3,(H,7,8,9);/q;+1/p-1. The van der Waals surface area contributed by atoms with Crippen LogP contribution < -0.4 is 18.9 Å². The molecule has 0 bridgehead atoms. The van der Waals surface area contributed by atoms with Crippen LogP contribution in [0.3, 0.4) is 0 Å². The molecule has 0 amide bonds. The van der Waals surface area contributed by atoms with Gasteiger partial charge in [0.25, 0.3) is 0 Å². The molecule has 1 aromatic heterocycles. The van der Waals surface area contributed by atoms with Crippen LogP contribution in [0.1, 0.15) is 11.4 Å². The van der Waals surface area contributed by atoms with Gasteiger partial charge in [-0.3, -0.25) is 9.97 Å². The zero-order chi connectivity index (χ0) is 6.85. The minimum absolute atomic E-state index is 0. The number of hydrogen-bond donors (Lipinski definition) is 0. The summed E-state index contributed by atoms with van der Waals surface area (Å²) < 4.78 is 0. The second-order valence-electron chi connectivity index (χ2n) is 1.93. The maximum absolute atomic E-state index is 4.76. The predicted molar refractivity (Wildman–Crippen MR) is 37.1 cm³/mol. The minimum Gasteiger partial charge on any atom is -0.740 e. The largest absolute Gasteiger partial charge is 1.00 e. The maximum Gasteiger partial charge on any atom is 1.00 e. The Hall–Kier alpha value is -0.103. The van der Waals surface area contributed by atoms with Gasteiger partial charge >= 0.3 is 18.9 Å². The van der Waals surface area contributed by atoms with Gasteiger partial charge in [0.2, 0.25) is 0 Å². The second-order valence-corrected chi connectivity index (χ2v) is 2.30. The summed E-state index contributed by atoms with van der Waals surface area (Å²) in [4.78, 5) is 7.88. The first kappa shape index (κ1) is 9.90. The Balaban J connectivity index is 0.000000810. The molecule has 4 heteroatoms. The molecule has 10 heavy (non-hydrogen) atoms. The first-order valence-electron chi connectivity index (χ1n) is 2.68. The van der Waals surface area contributed by atoms with E-state index in [0.717, 1.165) is 11.4 Å². The summed E-state index contributed by atoms with van der Waals surface area (Å²) in [5.74, 6) is 0. The minimum atomic E-state index is 0. The molecule has 2 nitrogen and oxygen atoms in total. The summed E-state index contributed by atoms with van der Waals surface area (Å²) >= 11 is 4.76. The quantitative estimate of drug-likeness (QED) is 0.240. The first-order chi connectivity index (χ1) is 4.18. The van der Waals surface area contributed by atoms with Crippen molar-refractivity contribution in [1.29, 1.82) is 0 Å². The van der Waals surface area contributed by atoms with Gasteiger partial charge in [-0.25, -0.2) is 0 Å². The summed E-state index contributed by atoms with van der Waals surface area (Å²) in [5, 5.41) is 0.438. The van der Waals surface area contributed by atoms with Crippen LogP contribution in [0.4, 0.5) is 0 Å². The average Bonchev–Trinajstić information content (AvgIpc) is 1.59. The van der Waals surface area contributed by atoms with Gasteiger partial charge in [0, 0.05) is 16.5 Å². The van der Waals surface area contributed by atoms with Crippen LogP contribution in [-0.2, 0) is 12.6 Å². The maximum atomic E-state index is 4.76. The van der Waals surface area contributed by atoms with E-state index < -0.39 is 0 Å². The van der Waals surface area contributed by atoms with Crippen LogP contribution in [-0.4, -0.2) is 9.97 Å². The Labute approximate surface area is 78.1 Å². The Morgan fingerprint density at radius 3 is 1.90 bits per heavy atom. The fourth-order valence-electron chi connectivity index (χ4n) is 0.694. The summed E-state index contributed by atoms with van der Waals surface area (Å²) in [6.07, 6.45) is 0. The molecule has 48 valence electrons. The number of nitrogens with zero attached hydrogens (tertiary/aromatic N) is 2. The Morgan fingerprint density at radius 1 is 1.20 bits per heavy atom. The van der Waals surface area contributed by atoms with Crippen molar-refractivity contribution in [3.63, 3.8) is 0 Å². The zero-order valence-corrected chi connectivity index (χ0v) is 7.20. The molecule has 0 radical (unpaired) electrons. The Bertz CT molecular complexity index is 177. The van der Waals surface area contributed by atoms with Crippen molar-refractivity contribution in [2.24, 2.45) is 0 Å². The molecule has 0 aliphatic rings. The summed E-state index contributed by atoms with van der Waals surface area (Å²) in [6, 6.07) is 1.90. The van der Waals surface area contributed by atoms with E-state index in [0.29, 0.717) is 5.16 Å². The van der Waals surface area contributed by atoms with Crippen LogP contribution >= 0.6 is 0 Å². The van der Waals surface area contributed by atoms with Gasteiger partial charge in [-0.05, 0) is 19.9 Å². The van der Waals surface area contributed by atoms with Crippen LogP contribution in [0.15, 0.2) is 11.2 Å². The van der Waals surface area contributed by atoms with E-state index in [-0.39, 0.29) is 18.9 Å². The van der Waals surface area contributed by atoms with Crippen molar-refractivity contribution >= 4 is 12.6 Å². The normalized spacial score (nSPS) is 8.60. The van der Waals surface area contributed by atoms with Crippen molar-refractivity contribution in [2.45, 2.75) is 19.0 Å². The van der Waals surface area contributed by atoms with Crippen molar-refractivity contribution < 1.29 is 18.9 Å². The number of aryl methyl sites for hydroxylation is 2. The van der Waals surface area contributed by atoms with E-state index >= 15 is 0 Å². The fraction of sp³-hybridized carbons (Fsp3) is 0.333. The zero-order valence-electron chi connectivity index (χ0n) is 6.38. The summed E-state index contributed by atoms with van der Waals surface area (Å²) in [7, 11) is 0. The van der Waals surface area contributed by atoms with Crippen molar-refractivity contribution in [3.05, 3.63) is 17.5 Å². The van der Waals surface area contributed by atoms with Gasteiger partial charge in [0.15, 0.2) is 0 Å². The van der Waals surface area contributed by atoms with E-state index in [1.807, 2.05) is 19.9 Å². The molecule has 0 spiro atoms.